The third kappa shape index (κ3) is 4.24. The Morgan fingerprint density at radius 1 is 1.53 bits per heavy atom. The van der Waals surface area contributed by atoms with Crippen LogP contribution in [0.25, 0.3) is 0 Å². The molecule has 0 aliphatic carbocycles. The number of aromatic nitrogens is 1. The molecule has 0 unspecified atom stereocenters. The van der Waals surface area contributed by atoms with Crippen LogP contribution in [0.5, 0.6) is 0 Å². The zero-order valence-electron chi connectivity index (χ0n) is 10.1. The highest BCUT2D eigenvalue weighted by Crippen LogP contribution is 2.05. The third-order valence-corrected chi connectivity index (χ3v) is 4.63. The molecule has 0 aromatic carbocycles. The van der Waals surface area contributed by atoms with Crippen molar-refractivity contribution in [1.29, 1.82) is 0 Å². The molecule has 1 aromatic heterocycles. The number of carbonyl (C=O) groups is 1. The molecule has 1 aromatic rings. The van der Waals surface area contributed by atoms with Gasteiger partial charge in [-0.25, -0.2) is 4.79 Å². The van der Waals surface area contributed by atoms with Crippen molar-refractivity contribution in [3.05, 3.63) is 29.1 Å². The van der Waals surface area contributed by atoms with E-state index in [-0.39, 0.29) is 5.69 Å². The maximum Gasteiger partial charge on any atom is 0.471 e. The van der Waals surface area contributed by atoms with Crippen molar-refractivity contribution >= 4 is 30.8 Å². The van der Waals surface area contributed by atoms with E-state index in [1.165, 1.54) is 17.4 Å². The first-order chi connectivity index (χ1) is 7.81. The van der Waals surface area contributed by atoms with Gasteiger partial charge in [0.2, 0.25) is 0 Å². The summed E-state index contributed by atoms with van der Waals surface area (Å²) in [6, 6.07) is 5.50. The van der Waals surface area contributed by atoms with Crippen LogP contribution in [0.1, 0.15) is 10.5 Å². The van der Waals surface area contributed by atoms with Crippen molar-refractivity contribution in [2.24, 2.45) is 0 Å². The van der Waals surface area contributed by atoms with Gasteiger partial charge in [-0.1, -0.05) is 19.6 Å². The van der Waals surface area contributed by atoms with Gasteiger partial charge in [0.1, 0.15) is 0 Å². The molecule has 0 bridgehead atoms. The van der Waals surface area contributed by atoms with Gasteiger partial charge in [-0.15, -0.1) is 4.73 Å². The lowest BCUT2D eigenvalue weighted by atomic mass is 10.3. The number of pyridine rings is 1. The molecule has 0 fully saturated rings. The van der Waals surface area contributed by atoms with Gasteiger partial charge in [0.15, 0.2) is 5.37 Å². The van der Waals surface area contributed by atoms with Crippen molar-refractivity contribution in [3.8, 4) is 0 Å². The lowest BCUT2D eigenvalue weighted by Gasteiger charge is -2.07. The second-order valence-electron chi connectivity index (χ2n) is 4.90. The highest BCUT2D eigenvalue weighted by atomic mass is 32.1. The minimum atomic E-state index is -1.20. The van der Waals surface area contributed by atoms with Crippen LogP contribution in [0.15, 0.2) is 23.2 Å². The molecular formula is C11H16NO3SSi+. The summed E-state index contributed by atoms with van der Waals surface area (Å²) in [5, 5.41) is 22.9. The summed E-state index contributed by atoms with van der Waals surface area (Å²) >= 11 is 1.30. The van der Waals surface area contributed by atoms with Gasteiger partial charge >= 0.3 is 16.7 Å². The molecule has 0 radical (unpaired) electrons. The average molecular weight is 270 g/mol. The Kier molecular flexibility index (Phi) is 4.36. The minimum absolute atomic E-state index is 0.239. The number of hydrogen-bond acceptors (Lipinski definition) is 2. The largest absolute Gasteiger partial charge is 0.614 e. The van der Waals surface area contributed by atoms with Crippen LogP contribution in [0, 0.1) is 5.21 Å². The Hall–Kier alpha value is -1.27. The Balaban J connectivity index is 2.93. The van der Waals surface area contributed by atoms with E-state index < -0.39 is 14.0 Å². The summed E-state index contributed by atoms with van der Waals surface area (Å²) in [7, 11) is -1.17. The third-order valence-electron chi connectivity index (χ3n) is 2.03. The fourth-order valence-corrected chi connectivity index (χ4v) is 3.95. The van der Waals surface area contributed by atoms with E-state index in [1.54, 1.807) is 12.1 Å². The summed E-state index contributed by atoms with van der Waals surface area (Å²) < 4.78 is 0.466. The van der Waals surface area contributed by atoms with Gasteiger partial charge in [-0.05, 0) is 6.07 Å². The van der Waals surface area contributed by atoms with E-state index in [0.717, 1.165) is 6.04 Å². The van der Waals surface area contributed by atoms with Gasteiger partial charge in [0.25, 0.3) is 11.4 Å². The van der Waals surface area contributed by atoms with Gasteiger partial charge in [-0.3, -0.25) is 0 Å². The first kappa shape index (κ1) is 13.8. The molecule has 17 heavy (non-hydrogen) atoms. The number of aromatic carboxylic acids is 1. The number of carboxylic acid groups (broad SMARTS) is 1. The normalized spacial score (nSPS) is 11.9. The molecule has 1 N–H and O–H groups in total. The van der Waals surface area contributed by atoms with Gasteiger partial charge in [-0.2, -0.15) is 0 Å². The second kappa shape index (κ2) is 5.37. The van der Waals surface area contributed by atoms with Crippen LogP contribution in [0.2, 0.25) is 25.7 Å². The molecule has 0 atom stereocenters. The number of nitrogens with zero attached hydrogens (tertiary/aromatic N) is 1. The monoisotopic (exact) mass is 270 g/mol. The summed E-state index contributed by atoms with van der Waals surface area (Å²) in [6.07, 6.45) is 0. The van der Waals surface area contributed by atoms with E-state index in [2.05, 4.69) is 19.6 Å². The summed E-state index contributed by atoms with van der Waals surface area (Å²) in [6.45, 7) is 6.72. The summed E-state index contributed by atoms with van der Waals surface area (Å²) in [4.78, 5) is 10.8. The van der Waals surface area contributed by atoms with Crippen molar-refractivity contribution < 1.29 is 14.6 Å². The van der Waals surface area contributed by atoms with E-state index in [1.807, 2.05) is 5.37 Å². The lowest BCUT2D eigenvalue weighted by Crippen LogP contribution is -2.37. The average Bonchev–Trinajstić information content (AvgIpc) is 2.18. The van der Waals surface area contributed by atoms with Gasteiger partial charge < -0.3 is 10.3 Å². The maximum absolute atomic E-state index is 11.7. The van der Waals surface area contributed by atoms with E-state index in [9.17, 15) is 10.0 Å². The van der Waals surface area contributed by atoms with Crippen LogP contribution in [-0.2, 0) is 11.4 Å². The van der Waals surface area contributed by atoms with Gasteiger partial charge in [0.05, 0.1) is 14.1 Å². The maximum atomic E-state index is 11.7. The molecule has 6 heteroatoms. The minimum Gasteiger partial charge on any atom is -0.614 e. The predicted octanol–water partition coefficient (Wildman–Crippen LogP) is 1.60. The summed E-state index contributed by atoms with van der Waals surface area (Å²) in [5.74, 6) is -1.20. The molecule has 1 rings (SSSR count). The zero-order valence-corrected chi connectivity index (χ0v) is 12.0. The quantitative estimate of drug-likeness (QED) is 0.297. The van der Waals surface area contributed by atoms with Crippen molar-refractivity contribution in [2.75, 3.05) is 0 Å². The van der Waals surface area contributed by atoms with Crippen LogP contribution in [-0.4, -0.2) is 24.5 Å². The van der Waals surface area contributed by atoms with Crippen LogP contribution < -0.4 is 4.73 Å². The molecule has 1 heterocycles. The molecule has 0 saturated heterocycles. The molecule has 0 aliphatic rings. The molecular weight excluding hydrogens is 254 g/mol. The zero-order chi connectivity index (χ0) is 13.1. The molecule has 0 spiro atoms. The van der Waals surface area contributed by atoms with E-state index in [4.69, 9.17) is 5.11 Å². The number of carboxylic acids is 1. The first-order valence-corrected chi connectivity index (χ1v) is 9.84. The number of hydrogen-bond donors (Lipinski definition) is 1. The second-order valence-corrected chi connectivity index (χ2v) is 11.4. The molecule has 92 valence electrons. The standard InChI is InChI=1S/C11H15NO3SSi/c1-17(2,3)8-7-16-10-6-4-5-9(11(13)14)12(10)15/h4-7H,8H2,1-3H3/p+1. The van der Waals surface area contributed by atoms with Gasteiger partial charge in [0, 0.05) is 12.1 Å². The highest BCUT2D eigenvalue weighted by Gasteiger charge is 2.23. The van der Waals surface area contributed by atoms with Crippen molar-refractivity contribution in [1.82, 2.24) is 0 Å². The Morgan fingerprint density at radius 2 is 2.18 bits per heavy atom. The van der Waals surface area contributed by atoms with Crippen molar-refractivity contribution in [2.45, 2.75) is 30.7 Å². The lowest BCUT2D eigenvalue weighted by molar-refractivity contribution is -0.648. The topological polar surface area (TPSA) is 64.2 Å². The predicted molar refractivity (Wildman–Crippen MR) is 72.2 cm³/mol. The molecule has 0 aliphatic heterocycles. The molecule has 0 saturated carbocycles. The Bertz CT molecular complexity index is 455. The SMILES string of the molecule is C[Si](C)(C)CC=[S+]c1cccc(C(=O)O)[n+]1[O-]. The Morgan fingerprint density at radius 3 is 2.71 bits per heavy atom. The van der Waals surface area contributed by atoms with E-state index >= 15 is 0 Å². The smallest absolute Gasteiger partial charge is 0.471 e. The van der Waals surface area contributed by atoms with Crippen LogP contribution in [0.4, 0.5) is 0 Å². The van der Waals surface area contributed by atoms with E-state index in [0.29, 0.717) is 9.76 Å². The number of rotatable bonds is 4. The Labute approximate surface area is 105 Å². The first-order valence-electron chi connectivity index (χ1n) is 5.25. The fourth-order valence-electron chi connectivity index (χ4n) is 1.10. The molecule has 0 amide bonds. The van der Waals surface area contributed by atoms with Crippen LogP contribution >= 0.6 is 0 Å². The van der Waals surface area contributed by atoms with Crippen molar-refractivity contribution in [3.63, 3.8) is 0 Å². The highest BCUT2D eigenvalue weighted by molar-refractivity contribution is 7.77. The van der Waals surface area contributed by atoms with Crippen LogP contribution in [0.3, 0.4) is 0 Å². The molecule has 4 nitrogen and oxygen atoms in total. The summed E-state index contributed by atoms with van der Waals surface area (Å²) in [5.41, 5.74) is -0.239. The fraction of sp³-hybridized carbons (Fsp3) is 0.364.